The van der Waals surface area contributed by atoms with Crippen LogP contribution in [-0.2, 0) is 11.3 Å². The molecule has 0 aliphatic rings. The molecule has 0 aliphatic carbocycles. The lowest BCUT2D eigenvalue weighted by Crippen LogP contribution is -2.39. The topological polar surface area (TPSA) is 95.0 Å². The van der Waals surface area contributed by atoms with Crippen molar-refractivity contribution in [1.82, 2.24) is 10.6 Å². The van der Waals surface area contributed by atoms with Crippen LogP contribution in [0.4, 0.5) is 10.5 Å². The fourth-order valence-electron chi connectivity index (χ4n) is 2.61. The van der Waals surface area contributed by atoms with Crippen LogP contribution in [0.3, 0.4) is 0 Å². The SMILES string of the molecule is CCNC(=NCc1ccc(NC(=O)OC)cc1)NCC(CO)c1ccccc1.I. The van der Waals surface area contributed by atoms with Crippen molar-refractivity contribution in [1.29, 1.82) is 0 Å². The largest absolute Gasteiger partial charge is 0.453 e. The Kier molecular flexibility index (Phi) is 11.7. The Hall–Kier alpha value is -2.33. The second-order valence-corrected chi connectivity index (χ2v) is 6.18. The van der Waals surface area contributed by atoms with Gasteiger partial charge in [-0.3, -0.25) is 5.32 Å². The van der Waals surface area contributed by atoms with Crippen molar-refractivity contribution >= 4 is 41.7 Å². The van der Waals surface area contributed by atoms with Crippen LogP contribution in [0.2, 0.25) is 0 Å². The molecule has 0 spiro atoms. The number of hydrogen-bond donors (Lipinski definition) is 4. The number of anilines is 1. The van der Waals surface area contributed by atoms with Gasteiger partial charge in [0, 0.05) is 24.7 Å². The van der Waals surface area contributed by atoms with Crippen molar-refractivity contribution in [3.63, 3.8) is 0 Å². The molecule has 2 aromatic carbocycles. The Bertz CT molecular complexity index is 754. The first kappa shape index (κ1) is 24.7. The number of carbonyl (C=O) groups is 1. The molecular formula is C21H29IN4O3. The summed E-state index contributed by atoms with van der Waals surface area (Å²) in [5.74, 6) is 0.683. The second kappa shape index (κ2) is 13.8. The smallest absolute Gasteiger partial charge is 0.411 e. The van der Waals surface area contributed by atoms with Crippen molar-refractivity contribution in [3.05, 3.63) is 65.7 Å². The summed E-state index contributed by atoms with van der Waals surface area (Å²) in [5, 5.41) is 18.8. The Labute approximate surface area is 189 Å². The number of guanidine groups is 1. The lowest BCUT2D eigenvalue weighted by atomic mass is 10.0. The van der Waals surface area contributed by atoms with E-state index in [1.54, 1.807) is 12.1 Å². The summed E-state index contributed by atoms with van der Waals surface area (Å²) < 4.78 is 4.57. The van der Waals surface area contributed by atoms with Crippen LogP contribution in [-0.4, -0.2) is 44.0 Å². The Morgan fingerprint density at radius 1 is 1.10 bits per heavy atom. The number of nitrogens with one attached hydrogen (secondary N) is 3. The van der Waals surface area contributed by atoms with Crippen LogP contribution in [0.1, 0.15) is 24.0 Å². The van der Waals surface area contributed by atoms with E-state index in [1.807, 2.05) is 49.4 Å². The third-order valence-corrected chi connectivity index (χ3v) is 4.16. The number of amides is 1. The lowest BCUT2D eigenvalue weighted by Gasteiger charge is -2.18. The van der Waals surface area contributed by atoms with Crippen LogP contribution < -0.4 is 16.0 Å². The quantitative estimate of drug-likeness (QED) is 0.248. The number of rotatable bonds is 8. The Morgan fingerprint density at radius 2 is 1.79 bits per heavy atom. The predicted molar refractivity (Wildman–Crippen MR) is 127 cm³/mol. The Balaban J connectivity index is 0.00000420. The van der Waals surface area contributed by atoms with E-state index in [1.165, 1.54) is 7.11 Å². The highest BCUT2D eigenvalue weighted by Gasteiger charge is 2.10. The maximum atomic E-state index is 11.2. The zero-order valence-corrected chi connectivity index (χ0v) is 19.1. The van der Waals surface area contributed by atoms with Gasteiger partial charge in [-0.2, -0.15) is 0 Å². The fraction of sp³-hybridized carbons (Fsp3) is 0.333. The normalized spacial score (nSPS) is 11.8. The molecule has 0 radical (unpaired) electrons. The van der Waals surface area contributed by atoms with Crippen molar-refractivity contribution in [2.45, 2.75) is 19.4 Å². The molecule has 8 heteroatoms. The molecule has 0 saturated heterocycles. The van der Waals surface area contributed by atoms with E-state index >= 15 is 0 Å². The number of ether oxygens (including phenoxy) is 1. The Morgan fingerprint density at radius 3 is 2.38 bits per heavy atom. The summed E-state index contributed by atoms with van der Waals surface area (Å²) in [6.07, 6.45) is -0.499. The standard InChI is InChI=1S/C21H28N4O3.HI/c1-3-22-20(24-14-18(15-26)17-7-5-4-6-8-17)23-13-16-9-11-19(12-10-16)25-21(27)28-2;/h4-12,18,26H,3,13-15H2,1-2H3,(H,25,27)(H2,22,23,24);1H. The van der Waals surface area contributed by atoms with Gasteiger partial charge in [0.05, 0.1) is 20.3 Å². The van der Waals surface area contributed by atoms with Crippen molar-refractivity contribution < 1.29 is 14.6 Å². The molecular weight excluding hydrogens is 483 g/mol. The number of benzene rings is 2. The number of aliphatic hydroxyl groups excluding tert-OH is 1. The number of aliphatic imine (C=N–C) groups is 1. The second-order valence-electron chi connectivity index (χ2n) is 6.18. The number of halogens is 1. The minimum Gasteiger partial charge on any atom is -0.453 e. The van der Waals surface area contributed by atoms with Gasteiger partial charge < -0.3 is 20.5 Å². The van der Waals surface area contributed by atoms with Crippen LogP contribution in [0, 0.1) is 0 Å². The molecule has 0 aromatic heterocycles. The molecule has 4 N–H and O–H groups in total. The molecule has 29 heavy (non-hydrogen) atoms. The lowest BCUT2D eigenvalue weighted by molar-refractivity contribution is 0.187. The molecule has 0 bridgehead atoms. The van der Waals surface area contributed by atoms with Crippen LogP contribution in [0.5, 0.6) is 0 Å². The summed E-state index contributed by atoms with van der Waals surface area (Å²) in [7, 11) is 1.33. The van der Waals surface area contributed by atoms with Gasteiger partial charge in [-0.1, -0.05) is 42.5 Å². The first-order valence-corrected chi connectivity index (χ1v) is 9.28. The minimum atomic E-state index is -0.499. The summed E-state index contributed by atoms with van der Waals surface area (Å²) in [5.41, 5.74) is 2.76. The maximum Gasteiger partial charge on any atom is 0.411 e. The molecule has 1 atom stereocenters. The van der Waals surface area contributed by atoms with E-state index in [0.717, 1.165) is 17.7 Å². The van der Waals surface area contributed by atoms with Gasteiger partial charge in [-0.25, -0.2) is 9.79 Å². The summed E-state index contributed by atoms with van der Waals surface area (Å²) in [4.78, 5) is 15.8. The molecule has 158 valence electrons. The minimum absolute atomic E-state index is 0. The van der Waals surface area contributed by atoms with Crippen molar-refractivity contribution in [2.75, 3.05) is 32.1 Å². The van der Waals surface area contributed by atoms with Crippen LogP contribution in [0.25, 0.3) is 0 Å². The van der Waals surface area contributed by atoms with Crippen molar-refractivity contribution in [3.8, 4) is 0 Å². The highest BCUT2D eigenvalue weighted by Crippen LogP contribution is 2.14. The molecule has 1 unspecified atom stereocenters. The summed E-state index contributed by atoms with van der Waals surface area (Å²) in [6.45, 7) is 3.87. The average Bonchev–Trinajstić information content (AvgIpc) is 2.74. The van der Waals surface area contributed by atoms with Gasteiger partial charge in [0.2, 0.25) is 0 Å². The first-order chi connectivity index (χ1) is 13.7. The number of carbonyl (C=O) groups excluding carboxylic acids is 1. The number of methoxy groups -OCH3 is 1. The molecule has 1 amide bonds. The molecule has 0 saturated carbocycles. The number of nitrogens with zero attached hydrogens (tertiary/aromatic N) is 1. The van der Waals surface area contributed by atoms with Gasteiger partial charge in [0.25, 0.3) is 0 Å². The highest BCUT2D eigenvalue weighted by atomic mass is 127. The van der Waals surface area contributed by atoms with Gasteiger partial charge in [0.1, 0.15) is 0 Å². The fourth-order valence-corrected chi connectivity index (χ4v) is 2.61. The molecule has 0 heterocycles. The van der Waals surface area contributed by atoms with Gasteiger partial charge in [0.15, 0.2) is 5.96 Å². The van der Waals surface area contributed by atoms with E-state index in [0.29, 0.717) is 24.7 Å². The van der Waals surface area contributed by atoms with Crippen LogP contribution in [0.15, 0.2) is 59.6 Å². The highest BCUT2D eigenvalue weighted by molar-refractivity contribution is 14.0. The van der Waals surface area contributed by atoms with E-state index < -0.39 is 6.09 Å². The maximum absolute atomic E-state index is 11.2. The van der Waals surface area contributed by atoms with E-state index in [9.17, 15) is 9.90 Å². The summed E-state index contributed by atoms with van der Waals surface area (Å²) >= 11 is 0. The van der Waals surface area contributed by atoms with Gasteiger partial charge in [-0.15, -0.1) is 24.0 Å². The predicted octanol–water partition coefficient (Wildman–Crippen LogP) is 3.31. The van der Waals surface area contributed by atoms with E-state index in [4.69, 9.17) is 0 Å². The molecule has 2 aromatic rings. The average molecular weight is 512 g/mol. The van der Waals surface area contributed by atoms with Gasteiger partial charge >= 0.3 is 6.09 Å². The monoisotopic (exact) mass is 512 g/mol. The van der Waals surface area contributed by atoms with Gasteiger partial charge in [-0.05, 0) is 30.2 Å². The third kappa shape index (κ3) is 8.70. The summed E-state index contributed by atoms with van der Waals surface area (Å²) in [6, 6.07) is 17.3. The third-order valence-electron chi connectivity index (χ3n) is 4.16. The first-order valence-electron chi connectivity index (χ1n) is 9.28. The van der Waals surface area contributed by atoms with Crippen molar-refractivity contribution in [2.24, 2.45) is 4.99 Å². The number of aliphatic hydroxyl groups is 1. The zero-order valence-electron chi connectivity index (χ0n) is 16.7. The zero-order chi connectivity index (χ0) is 20.2. The molecule has 0 fully saturated rings. The van der Waals surface area contributed by atoms with E-state index in [2.05, 4.69) is 25.7 Å². The number of hydrogen-bond acceptors (Lipinski definition) is 4. The van der Waals surface area contributed by atoms with Crippen LogP contribution >= 0.6 is 24.0 Å². The molecule has 0 aliphatic heterocycles. The molecule has 2 rings (SSSR count). The van der Waals surface area contributed by atoms with E-state index in [-0.39, 0.29) is 36.5 Å². The molecule has 7 nitrogen and oxygen atoms in total.